The van der Waals surface area contributed by atoms with Crippen LogP contribution in [0.3, 0.4) is 0 Å². The minimum atomic E-state index is -1.84. The van der Waals surface area contributed by atoms with E-state index in [1.54, 1.807) is 21.3 Å². The molecule has 0 aliphatic heterocycles. The molecule has 0 amide bonds. The lowest BCUT2D eigenvalue weighted by Crippen LogP contribution is -2.40. The second kappa shape index (κ2) is 9.38. The average molecular weight is 413 g/mol. The quantitative estimate of drug-likeness (QED) is 0.455. The molecule has 0 aliphatic rings. The molecule has 2 rings (SSSR count). The molecule has 0 radical (unpaired) electrons. The van der Waals surface area contributed by atoms with Crippen molar-refractivity contribution in [3.05, 3.63) is 53.1 Å². The number of ether oxygens (including phenoxy) is 3. The molecule has 0 N–H and O–H groups in total. The van der Waals surface area contributed by atoms with E-state index in [0.29, 0.717) is 18.1 Å². The van der Waals surface area contributed by atoms with Crippen LogP contribution in [0, 0.1) is 11.8 Å². The lowest BCUT2D eigenvalue weighted by Gasteiger charge is -2.36. The van der Waals surface area contributed by atoms with E-state index in [9.17, 15) is 0 Å². The maximum atomic E-state index is 6.35. The van der Waals surface area contributed by atoms with E-state index in [1.165, 1.54) is 0 Å². The highest BCUT2D eigenvalue weighted by Crippen LogP contribution is 2.38. The second-order valence-electron chi connectivity index (χ2n) is 8.40. The van der Waals surface area contributed by atoms with Gasteiger partial charge in [-0.2, -0.15) is 0 Å². The first kappa shape index (κ1) is 22.9. The smallest absolute Gasteiger partial charge is 0.192 e. The van der Waals surface area contributed by atoms with Gasteiger partial charge >= 0.3 is 0 Å². The van der Waals surface area contributed by atoms with Crippen molar-refractivity contribution in [2.75, 3.05) is 21.3 Å². The maximum absolute atomic E-state index is 6.35. The Labute approximate surface area is 176 Å². The topological polar surface area (TPSA) is 36.9 Å². The van der Waals surface area contributed by atoms with Crippen molar-refractivity contribution in [1.29, 1.82) is 0 Å². The lowest BCUT2D eigenvalue weighted by molar-refractivity contribution is 0.275. The van der Waals surface area contributed by atoms with Crippen molar-refractivity contribution < 1.29 is 18.6 Å². The van der Waals surface area contributed by atoms with E-state index in [-0.39, 0.29) is 5.04 Å². The van der Waals surface area contributed by atoms with E-state index in [0.717, 1.165) is 22.4 Å². The molecule has 0 unspecified atom stereocenters. The predicted molar refractivity (Wildman–Crippen MR) is 121 cm³/mol. The molecular formula is C24H32O4Si. The zero-order valence-electron chi connectivity index (χ0n) is 18.8. The van der Waals surface area contributed by atoms with Gasteiger partial charge < -0.3 is 18.6 Å². The van der Waals surface area contributed by atoms with Crippen molar-refractivity contribution in [1.82, 2.24) is 0 Å². The normalized spacial score (nSPS) is 11.4. The summed E-state index contributed by atoms with van der Waals surface area (Å²) in [5, 5.41) is 0.158. The van der Waals surface area contributed by atoms with E-state index in [1.807, 2.05) is 36.4 Å². The molecule has 2 aromatic rings. The summed E-state index contributed by atoms with van der Waals surface area (Å²) in [5.41, 5.74) is 2.63. The molecule has 0 aliphatic carbocycles. The SMILES string of the molecule is COc1ccc(C#Cc2c(OC)cc(CO[Si](C)(C)C(C)(C)C)cc2OC)cc1. The third kappa shape index (κ3) is 5.78. The summed E-state index contributed by atoms with van der Waals surface area (Å²) in [6.07, 6.45) is 0. The fraction of sp³-hybridized carbons (Fsp3) is 0.417. The standard InChI is InChI=1S/C24H32O4Si/c1-24(2,3)29(7,8)28-17-19-15-22(26-5)21(23(16-19)27-6)14-11-18-9-12-20(25-4)13-10-18/h9-10,12-13,15-16H,17H2,1-8H3. The van der Waals surface area contributed by atoms with Crippen LogP contribution in [0.15, 0.2) is 36.4 Å². The van der Waals surface area contributed by atoms with E-state index >= 15 is 0 Å². The largest absolute Gasteiger partial charge is 0.497 e. The van der Waals surface area contributed by atoms with Gasteiger partial charge in [0.1, 0.15) is 22.8 Å². The highest BCUT2D eigenvalue weighted by atomic mass is 28.4. The Balaban J connectivity index is 2.32. The van der Waals surface area contributed by atoms with Gasteiger partial charge in [0.05, 0.1) is 27.9 Å². The van der Waals surface area contributed by atoms with Crippen LogP contribution in [0.2, 0.25) is 18.1 Å². The summed E-state index contributed by atoms with van der Waals surface area (Å²) in [6.45, 7) is 11.7. The lowest BCUT2D eigenvalue weighted by atomic mass is 10.1. The minimum absolute atomic E-state index is 0.158. The van der Waals surface area contributed by atoms with Crippen LogP contribution in [-0.4, -0.2) is 29.6 Å². The number of methoxy groups -OCH3 is 3. The summed E-state index contributed by atoms with van der Waals surface area (Å²) < 4.78 is 22.8. The van der Waals surface area contributed by atoms with Crippen LogP contribution >= 0.6 is 0 Å². The monoisotopic (exact) mass is 412 g/mol. The summed E-state index contributed by atoms with van der Waals surface area (Å²) in [5.74, 6) is 8.52. The molecule has 0 heterocycles. The molecule has 2 aromatic carbocycles. The third-order valence-electron chi connectivity index (χ3n) is 5.39. The molecule has 0 saturated carbocycles. The first-order valence-corrected chi connectivity index (χ1v) is 12.6. The van der Waals surface area contributed by atoms with Crippen molar-refractivity contribution in [3.63, 3.8) is 0 Å². The van der Waals surface area contributed by atoms with Crippen LogP contribution < -0.4 is 14.2 Å². The molecule has 0 aromatic heterocycles. The number of hydrogen-bond acceptors (Lipinski definition) is 4. The van der Waals surface area contributed by atoms with Crippen molar-refractivity contribution >= 4 is 8.32 Å². The van der Waals surface area contributed by atoms with Gasteiger partial charge in [0, 0.05) is 5.56 Å². The Hall–Kier alpha value is -2.42. The Morgan fingerprint density at radius 1 is 0.828 bits per heavy atom. The van der Waals surface area contributed by atoms with Gasteiger partial charge in [0.15, 0.2) is 8.32 Å². The van der Waals surface area contributed by atoms with E-state index in [4.69, 9.17) is 18.6 Å². The maximum Gasteiger partial charge on any atom is 0.192 e. The van der Waals surface area contributed by atoms with Crippen molar-refractivity contribution in [3.8, 4) is 29.1 Å². The second-order valence-corrected chi connectivity index (χ2v) is 13.2. The van der Waals surface area contributed by atoms with Gasteiger partial charge in [-0.15, -0.1) is 0 Å². The summed E-state index contributed by atoms with van der Waals surface area (Å²) in [4.78, 5) is 0. The zero-order chi connectivity index (χ0) is 21.7. The van der Waals surface area contributed by atoms with Crippen LogP contribution in [0.1, 0.15) is 37.5 Å². The zero-order valence-corrected chi connectivity index (χ0v) is 19.8. The molecule has 0 bridgehead atoms. The Kier molecular flexibility index (Phi) is 7.40. The van der Waals surface area contributed by atoms with Crippen LogP contribution in [-0.2, 0) is 11.0 Å². The summed E-state index contributed by atoms with van der Waals surface area (Å²) in [7, 11) is 3.09. The fourth-order valence-electron chi connectivity index (χ4n) is 2.46. The Morgan fingerprint density at radius 3 is 1.83 bits per heavy atom. The summed E-state index contributed by atoms with van der Waals surface area (Å²) in [6, 6.07) is 11.6. The molecule has 5 heteroatoms. The molecule has 0 atom stereocenters. The number of benzene rings is 2. The number of rotatable bonds is 6. The van der Waals surface area contributed by atoms with Gasteiger partial charge in [-0.05, 0) is 60.1 Å². The van der Waals surface area contributed by atoms with Crippen LogP contribution in [0.25, 0.3) is 0 Å². The Bertz CT molecular complexity index is 859. The number of hydrogen-bond donors (Lipinski definition) is 0. The third-order valence-corrected chi connectivity index (χ3v) is 9.87. The average Bonchev–Trinajstić information content (AvgIpc) is 2.69. The van der Waals surface area contributed by atoms with Gasteiger partial charge in [0.2, 0.25) is 0 Å². The highest BCUT2D eigenvalue weighted by molar-refractivity contribution is 6.74. The van der Waals surface area contributed by atoms with Crippen molar-refractivity contribution in [2.45, 2.75) is 45.5 Å². The molecule has 4 nitrogen and oxygen atoms in total. The van der Waals surface area contributed by atoms with E-state index in [2.05, 4.69) is 45.7 Å². The molecule has 29 heavy (non-hydrogen) atoms. The predicted octanol–water partition coefficient (Wildman–Crippen LogP) is 5.63. The van der Waals surface area contributed by atoms with Crippen LogP contribution in [0.5, 0.6) is 17.2 Å². The van der Waals surface area contributed by atoms with Gasteiger partial charge in [0.25, 0.3) is 0 Å². The first-order valence-electron chi connectivity index (χ1n) is 9.66. The van der Waals surface area contributed by atoms with E-state index < -0.39 is 8.32 Å². The van der Waals surface area contributed by atoms with Crippen molar-refractivity contribution in [2.24, 2.45) is 0 Å². The fourth-order valence-corrected chi connectivity index (χ4v) is 3.42. The molecule has 0 spiro atoms. The Morgan fingerprint density at radius 2 is 1.38 bits per heavy atom. The first-order chi connectivity index (χ1) is 13.6. The summed E-state index contributed by atoms with van der Waals surface area (Å²) >= 11 is 0. The molecule has 0 saturated heterocycles. The van der Waals surface area contributed by atoms with Gasteiger partial charge in [-0.25, -0.2) is 0 Å². The van der Waals surface area contributed by atoms with Gasteiger partial charge in [-0.1, -0.05) is 32.6 Å². The minimum Gasteiger partial charge on any atom is -0.497 e. The molecule has 156 valence electrons. The van der Waals surface area contributed by atoms with Gasteiger partial charge in [-0.3, -0.25) is 0 Å². The molecular weight excluding hydrogens is 380 g/mol. The highest BCUT2D eigenvalue weighted by Gasteiger charge is 2.37. The molecule has 0 fully saturated rings. The van der Waals surface area contributed by atoms with Crippen LogP contribution in [0.4, 0.5) is 0 Å².